The molecule has 2 aromatic carbocycles. The lowest BCUT2D eigenvalue weighted by Crippen LogP contribution is -2.14. The Labute approximate surface area is 151 Å². The van der Waals surface area contributed by atoms with Crippen LogP contribution in [0, 0.1) is 12.8 Å². The Kier molecular flexibility index (Phi) is 4.16. The molecule has 132 valence electrons. The van der Waals surface area contributed by atoms with E-state index in [1.807, 2.05) is 48.5 Å². The molecule has 0 saturated heterocycles. The highest BCUT2D eigenvalue weighted by Gasteiger charge is 2.45. The van der Waals surface area contributed by atoms with E-state index in [1.165, 1.54) is 0 Å². The van der Waals surface area contributed by atoms with Crippen molar-refractivity contribution in [2.24, 2.45) is 5.92 Å². The quantitative estimate of drug-likeness (QED) is 0.758. The van der Waals surface area contributed by atoms with Crippen molar-refractivity contribution in [3.8, 4) is 17.2 Å². The van der Waals surface area contributed by atoms with Crippen LogP contribution in [0.3, 0.4) is 0 Å². The van der Waals surface area contributed by atoms with Crippen molar-refractivity contribution in [2.75, 3.05) is 12.4 Å². The van der Waals surface area contributed by atoms with Gasteiger partial charge in [-0.3, -0.25) is 4.79 Å². The van der Waals surface area contributed by atoms with Gasteiger partial charge in [-0.1, -0.05) is 18.2 Å². The van der Waals surface area contributed by atoms with Crippen molar-refractivity contribution in [1.29, 1.82) is 0 Å². The fourth-order valence-electron chi connectivity index (χ4n) is 3.15. The van der Waals surface area contributed by atoms with Gasteiger partial charge in [0.05, 0.1) is 7.11 Å². The number of anilines is 1. The average molecular weight is 349 g/mol. The predicted octanol–water partition coefficient (Wildman–Crippen LogP) is 3.80. The first-order valence-electron chi connectivity index (χ1n) is 8.50. The Balaban J connectivity index is 1.41. The highest BCUT2D eigenvalue weighted by Crippen LogP contribution is 2.50. The Morgan fingerprint density at radius 3 is 2.62 bits per heavy atom. The van der Waals surface area contributed by atoms with E-state index in [0.717, 1.165) is 29.0 Å². The van der Waals surface area contributed by atoms with Crippen molar-refractivity contribution >= 4 is 11.6 Å². The summed E-state index contributed by atoms with van der Waals surface area (Å²) in [6.45, 7) is 1.75. The number of hydrogen-bond acceptors (Lipinski definition) is 5. The molecule has 0 unspecified atom stereocenters. The number of hydrogen-bond donors (Lipinski definition) is 1. The van der Waals surface area contributed by atoms with Gasteiger partial charge < -0.3 is 14.5 Å². The van der Waals surface area contributed by atoms with Gasteiger partial charge in [0.2, 0.25) is 17.7 Å². The molecule has 4 rings (SSSR count). The van der Waals surface area contributed by atoms with Crippen molar-refractivity contribution in [3.63, 3.8) is 0 Å². The number of benzene rings is 2. The lowest BCUT2D eigenvalue weighted by Gasteiger charge is -2.08. The number of para-hydroxylation sites is 1. The molecule has 1 aliphatic carbocycles. The first-order valence-corrected chi connectivity index (χ1v) is 8.50. The van der Waals surface area contributed by atoms with Crippen molar-refractivity contribution in [2.45, 2.75) is 19.3 Å². The largest absolute Gasteiger partial charge is 0.496 e. The molecule has 1 amide bonds. The van der Waals surface area contributed by atoms with Gasteiger partial charge >= 0.3 is 0 Å². The molecule has 2 atom stereocenters. The van der Waals surface area contributed by atoms with E-state index in [1.54, 1.807) is 14.0 Å². The van der Waals surface area contributed by atoms with E-state index in [0.29, 0.717) is 11.8 Å². The number of carbonyl (C=O) groups excluding carboxylic acids is 1. The number of nitrogens with zero attached hydrogens (tertiary/aromatic N) is 2. The Bertz CT molecular complexity index is 933. The monoisotopic (exact) mass is 349 g/mol. The molecule has 3 aromatic rings. The molecular formula is C20H19N3O3. The molecule has 1 aromatic heterocycles. The smallest absolute Gasteiger partial charge is 0.247 e. The molecule has 1 aliphatic rings. The van der Waals surface area contributed by atoms with Gasteiger partial charge in [0.1, 0.15) is 5.75 Å². The van der Waals surface area contributed by atoms with Crippen molar-refractivity contribution in [3.05, 3.63) is 60.0 Å². The third-order valence-corrected chi connectivity index (χ3v) is 4.59. The predicted molar refractivity (Wildman–Crippen MR) is 96.9 cm³/mol. The summed E-state index contributed by atoms with van der Waals surface area (Å²) in [6.07, 6.45) is 0.839. The molecule has 0 radical (unpaired) electrons. The van der Waals surface area contributed by atoms with Crippen LogP contribution < -0.4 is 10.1 Å². The highest BCUT2D eigenvalue weighted by atomic mass is 16.5. The van der Waals surface area contributed by atoms with Crippen LogP contribution in [0.15, 0.2) is 52.9 Å². The maximum atomic E-state index is 12.5. The second-order valence-corrected chi connectivity index (χ2v) is 6.38. The van der Waals surface area contributed by atoms with Gasteiger partial charge in [-0.05, 0) is 48.2 Å². The highest BCUT2D eigenvalue weighted by molar-refractivity contribution is 5.95. The molecule has 0 bridgehead atoms. The number of amides is 1. The zero-order chi connectivity index (χ0) is 18.1. The normalized spacial score (nSPS) is 18.4. The molecule has 6 heteroatoms. The van der Waals surface area contributed by atoms with Crippen LogP contribution in [0.4, 0.5) is 5.69 Å². The minimum Gasteiger partial charge on any atom is -0.496 e. The third-order valence-electron chi connectivity index (χ3n) is 4.59. The fourth-order valence-corrected chi connectivity index (χ4v) is 3.15. The minimum atomic E-state index is -0.0235. The molecule has 26 heavy (non-hydrogen) atoms. The first kappa shape index (κ1) is 16.3. The van der Waals surface area contributed by atoms with E-state index >= 15 is 0 Å². The molecule has 1 heterocycles. The van der Waals surface area contributed by atoms with E-state index in [4.69, 9.17) is 9.15 Å². The van der Waals surface area contributed by atoms with E-state index in [9.17, 15) is 4.79 Å². The maximum absolute atomic E-state index is 12.5. The standard InChI is InChI=1S/C20H19N3O3/c1-12-22-23-20(26-12)13-7-9-14(10-8-13)21-19(24)17-11-16(17)15-5-3-4-6-18(15)25-2/h3-10,16-17H,11H2,1-2H3,(H,21,24)/t16-,17-/m0/s1. The van der Waals surface area contributed by atoms with Crippen molar-refractivity contribution in [1.82, 2.24) is 10.2 Å². The van der Waals surface area contributed by atoms with Gasteiger partial charge in [-0.2, -0.15) is 0 Å². The maximum Gasteiger partial charge on any atom is 0.247 e. The van der Waals surface area contributed by atoms with Gasteiger partial charge in [0, 0.05) is 24.1 Å². The van der Waals surface area contributed by atoms with Crippen LogP contribution in [-0.2, 0) is 4.79 Å². The topological polar surface area (TPSA) is 77.2 Å². The summed E-state index contributed by atoms with van der Waals surface area (Å²) in [5.41, 5.74) is 2.67. The lowest BCUT2D eigenvalue weighted by molar-refractivity contribution is -0.117. The number of nitrogens with one attached hydrogen (secondary N) is 1. The van der Waals surface area contributed by atoms with Gasteiger partial charge in [-0.25, -0.2) is 0 Å². The summed E-state index contributed by atoms with van der Waals surface area (Å²) in [5, 5.41) is 10.8. The number of ether oxygens (including phenoxy) is 1. The van der Waals surface area contributed by atoms with Crippen LogP contribution in [0.1, 0.15) is 23.8 Å². The van der Waals surface area contributed by atoms with Crippen LogP contribution >= 0.6 is 0 Å². The molecule has 1 saturated carbocycles. The second-order valence-electron chi connectivity index (χ2n) is 6.38. The summed E-state index contributed by atoms with van der Waals surface area (Å²) < 4.78 is 10.8. The molecule has 0 aliphatic heterocycles. The molecule has 6 nitrogen and oxygen atoms in total. The molecular weight excluding hydrogens is 330 g/mol. The molecule has 1 N–H and O–H groups in total. The summed E-state index contributed by atoms with van der Waals surface area (Å²) in [5.74, 6) is 2.05. The third kappa shape index (κ3) is 3.18. The van der Waals surface area contributed by atoms with E-state index in [2.05, 4.69) is 15.5 Å². The average Bonchev–Trinajstić information content (AvgIpc) is 3.36. The molecule has 1 fully saturated rings. The number of rotatable bonds is 5. The summed E-state index contributed by atoms with van der Waals surface area (Å²) in [6, 6.07) is 15.3. The second kappa shape index (κ2) is 6.63. The number of aromatic nitrogens is 2. The van der Waals surface area contributed by atoms with Gasteiger partial charge in [0.15, 0.2) is 0 Å². The van der Waals surface area contributed by atoms with Crippen LogP contribution in [-0.4, -0.2) is 23.2 Å². The number of aryl methyl sites for hydroxylation is 1. The Morgan fingerprint density at radius 2 is 1.92 bits per heavy atom. The minimum absolute atomic E-state index is 0.0235. The fraction of sp³-hybridized carbons (Fsp3) is 0.250. The first-order chi connectivity index (χ1) is 12.7. The zero-order valence-corrected chi connectivity index (χ0v) is 14.6. The number of carbonyl (C=O) groups is 1. The van der Waals surface area contributed by atoms with E-state index in [-0.39, 0.29) is 17.7 Å². The van der Waals surface area contributed by atoms with Crippen molar-refractivity contribution < 1.29 is 13.9 Å². The van der Waals surface area contributed by atoms with E-state index < -0.39 is 0 Å². The lowest BCUT2D eigenvalue weighted by atomic mass is 10.1. The summed E-state index contributed by atoms with van der Waals surface area (Å²) in [7, 11) is 1.66. The zero-order valence-electron chi connectivity index (χ0n) is 14.6. The van der Waals surface area contributed by atoms with Gasteiger partial charge in [-0.15, -0.1) is 10.2 Å². The summed E-state index contributed by atoms with van der Waals surface area (Å²) >= 11 is 0. The van der Waals surface area contributed by atoms with Crippen LogP contribution in [0.2, 0.25) is 0 Å². The Morgan fingerprint density at radius 1 is 1.15 bits per heavy atom. The Hall–Kier alpha value is -3.15. The van der Waals surface area contributed by atoms with Crippen LogP contribution in [0.5, 0.6) is 5.75 Å². The van der Waals surface area contributed by atoms with Gasteiger partial charge in [0.25, 0.3) is 0 Å². The van der Waals surface area contributed by atoms with Crippen LogP contribution in [0.25, 0.3) is 11.5 Å². The summed E-state index contributed by atoms with van der Waals surface area (Å²) in [4.78, 5) is 12.5. The molecule has 0 spiro atoms. The SMILES string of the molecule is COc1ccccc1[C@@H]1C[C@@H]1C(=O)Nc1ccc(-c2nnc(C)o2)cc1. The number of methoxy groups -OCH3 is 1.